The number of aromatic nitrogens is 3. The van der Waals surface area contributed by atoms with Gasteiger partial charge in [0.05, 0.1) is 0 Å². The Morgan fingerprint density at radius 1 is 1.28 bits per heavy atom. The molecule has 5 heteroatoms. The van der Waals surface area contributed by atoms with Crippen LogP contribution < -0.4 is 11.3 Å². The molecule has 3 N–H and O–H groups in total. The fourth-order valence-corrected chi connectivity index (χ4v) is 2.37. The van der Waals surface area contributed by atoms with Gasteiger partial charge < -0.3 is 5.43 Å². The first kappa shape index (κ1) is 11.1. The third-order valence-electron chi connectivity index (χ3n) is 3.35. The van der Waals surface area contributed by atoms with Crippen molar-refractivity contribution < 1.29 is 0 Å². The van der Waals surface area contributed by atoms with Gasteiger partial charge in [0.2, 0.25) is 0 Å². The molecule has 3 rings (SSSR count). The quantitative estimate of drug-likeness (QED) is 0.617. The number of pyridine rings is 1. The molecule has 0 amide bonds. The predicted octanol–water partition coefficient (Wildman–Crippen LogP) is 1.62. The Bertz CT molecular complexity index is 594. The second-order valence-electron chi connectivity index (χ2n) is 4.51. The molecule has 2 aromatic rings. The number of nitrogens with two attached hydrogens (primary N) is 1. The van der Waals surface area contributed by atoms with Crippen molar-refractivity contribution in [1.82, 2.24) is 15.0 Å². The Hall–Kier alpha value is -2.01. The Labute approximate surface area is 105 Å². The van der Waals surface area contributed by atoms with Crippen LogP contribution >= 0.6 is 0 Å². The molecule has 0 saturated heterocycles. The number of rotatable bonds is 2. The Balaban J connectivity index is 2.17. The molecule has 0 aromatic carbocycles. The lowest BCUT2D eigenvalue weighted by atomic mass is 10.1. The average Bonchev–Trinajstić information content (AvgIpc) is 2.86. The highest BCUT2D eigenvalue weighted by Crippen LogP contribution is 2.29. The lowest BCUT2D eigenvalue weighted by Crippen LogP contribution is -2.13. The highest BCUT2D eigenvalue weighted by Gasteiger charge is 2.19. The molecule has 18 heavy (non-hydrogen) atoms. The maximum absolute atomic E-state index is 5.55. The van der Waals surface area contributed by atoms with E-state index in [2.05, 4.69) is 20.4 Å². The zero-order chi connectivity index (χ0) is 12.5. The second kappa shape index (κ2) is 4.34. The predicted molar refractivity (Wildman–Crippen MR) is 69.8 cm³/mol. The highest BCUT2D eigenvalue weighted by molar-refractivity contribution is 5.62. The summed E-state index contributed by atoms with van der Waals surface area (Å²) < 4.78 is 0. The van der Waals surface area contributed by atoms with Crippen molar-refractivity contribution in [1.29, 1.82) is 0 Å². The van der Waals surface area contributed by atoms with Gasteiger partial charge in [-0.1, -0.05) is 0 Å². The molecule has 2 aromatic heterocycles. The average molecular weight is 241 g/mol. The van der Waals surface area contributed by atoms with E-state index in [0.717, 1.165) is 47.5 Å². The molecule has 0 unspecified atom stereocenters. The topological polar surface area (TPSA) is 76.7 Å². The minimum atomic E-state index is 0.703. The lowest BCUT2D eigenvalue weighted by molar-refractivity contribution is 0.899. The van der Waals surface area contributed by atoms with Crippen molar-refractivity contribution in [3.63, 3.8) is 0 Å². The smallest absolute Gasteiger partial charge is 0.163 e. The van der Waals surface area contributed by atoms with Crippen LogP contribution in [0.1, 0.15) is 23.2 Å². The Kier molecular flexibility index (Phi) is 2.68. The van der Waals surface area contributed by atoms with Gasteiger partial charge in [-0.05, 0) is 37.8 Å². The first-order valence-corrected chi connectivity index (χ1v) is 6.07. The lowest BCUT2D eigenvalue weighted by Gasteiger charge is -2.10. The zero-order valence-electron chi connectivity index (χ0n) is 10.3. The summed E-state index contributed by atoms with van der Waals surface area (Å²) in [6, 6.07) is 1.96. The van der Waals surface area contributed by atoms with E-state index in [9.17, 15) is 0 Å². The normalized spacial score (nSPS) is 13.4. The molecule has 1 aliphatic carbocycles. The number of aryl methyl sites for hydroxylation is 2. The summed E-state index contributed by atoms with van der Waals surface area (Å²) in [4.78, 5) is 13.3. The number of nitrogens with zero attached hydrogens (tertiary/aromatic N) is 3. The van der Waals surface area contributed by atoms with Crippen molar-refractivity contribution >= 4 is 5.82 Å². The third kappa shape index (κ3) is 1.73. The maximum Gasteiger partial charge on any atom is 0.163 e. The van der Waals surface area contributed by atoms with Crippen molar-refractivity contribution in [3.05, 3.63) is 35.3 Å². The van der Waals surface area contributed by atoms with Crippen molar-refractivity contribution in [3.8, 4) is 11.4 Å². The van der Waals surface area contributed by atoms with Gasteiger partial charge in [-0.15, -0.1) is 0 Å². The van der Waals surface area contributed by atoms with Gasteiger partial charge in [-0.2, -0.15) is 0 Å². The number of hydrazine groups is 1. The standard InChI is InChI=1S/C13H15N5/c1-8-5-6-15-7-10(8)12-16-11-4-2-3-9(11)13(17-12)18-14/h5-7H,2-4,14H2,1H3,(H,16,17,18). The number of fused-ring (bicyclic) bond motifs is 1. The van der Waals surface area contributed by atoms with E-state index >= 15 is 0 Å². The molecule has 0 bridgehead atoms. The first-order chi connectivity index (χ1) is 8.79. The van der Waals surface area contributed by atoms with Crippen LogP contribution in [0.4, 0.5) is 5.82 Å². The van der Waals surface area contributed by atoms with Gasteiger partial charge in [0.25, 0.3) is 0 Å². The molecule has 5 nitrogen and oxygen atoms in total. The van der Waals surface area contributed by atoms with Gasteiger partial charge in [-0.3, -0.25) is 4.98 Å². The zero-order valence-corrected chi connectivity index (χ0v) is 10.3. The van der Waals surface area contributed by atoms with E-state index in [1.165, 1.54) is 0 Å². The van der Waals surface area contributed by atoms with Crippen LogP contribution in [0.5, 0.6) is 0 Å². The summed E-state index contributed by atoms with van der Waals surface area (Å²) in [5, 5.41) is 0. The largest absolute Gasteiger partial charge is 0.308 e. The molecular formula is C13H15N5. The minimum Gasteiger partial charge on any atom is -0.308 e. The summed E-state index contributed by atoms with van der Waals surface area (Å²) in [6.45, 7) is 2.03. The molecule has 1 aliphatic rings. The monoisotopic (exact) mass is 241 g/mol. The van der Waals surface area contributed by atoms with E-state index in [1.54, 1.807) is 12.4 Å². The van der Waals surface area contributed by atoms with E-state index in [4.69, 9.17) is 5.84 Å². The number of nitrogen functional groups attached to an aromatic ring is 1. The number of nitrogens with one attached hydrogen (secondary N) is 1. The van der Waals surface area contributed by atoms with Crippen LogP contribution in [0.25, 0.3) is 11.4 Å². The van der Waals surface area contributed by atoms with E-state index in [-0.39, 0.29) is 0 Å². The highest BCUT2D eigenvalue weighted by atomic mass is 15.3. The molecule has 0 aliphatic heterocycles. The fraction of sp³-hybridized carbons (Fsp3) is 0.308. The van der Waals surface area contributed by atoms with Crippen LogP contribution in [0, 0.1) is 6.92 Å². The van der Waals surface area contributed by atoms with Gasteiger partial charge >= 0.3 is 0 Å². The van der Waals surface area contributed by atoms with Crippen LogP contribution in [0.15, 0.2) is 18.5 Å². The van der Waals surface area contributed by atoms with Gasteiger partial charge in [0, 0.05) is 29.2 Å². The van der Waals surface area contributed by atoms with Gasteiger partial charge in [0.15, 0.2) is 5.82 Å². The summed E-state index contributed by atoms with van der Waals surface area (Å²) in [5.74, 6) is 7.00. The molecule has 0 fully saturated rings. The molecule has 0 atom stereocenters. The number of hydrogen-bond acceptors (Lipinski definition) is 5. The van der Waals surface area contributed by atoms with Crippen molar-refractivity contribution in [2.24, 2.45) is 5.84 Å². The number of anilines is 1. The Morgan fingerprint density at radius 3 is 2.94 bits per heavy atom. The van der Waals surface area contributed by atoms with Crippen molar-refractivity contribution in [2.75, 3.05) is 5.43 Å². The molecule has 0 radical (unpaired) electrons. The van der Waals surface area contributed by atoms with Gasteiger partial charge in [-0.25, -0.2) is 15.8 Å². The summed E-state index contributed by atoms with van der Waals surface area (Å²) >= 11 is 0. The molecule has 0 spiro atoms. The summed E-state index contributed by atoms with van der Waals surface area (Å²) in [7, 11) is 0. The van der Waals surface area contributed by atoms with E-state index in [1.807, 2.05) is 13.0 Å². The molecule has 2 heterocycles. The third-order valence-corrected chi connectivity index (χ3v) is 3.35. The molecule has 0 saturated carbocycles. The van der Waals surface area contributed by atoms with Crippen LogP contribution in [-0.2, 0) is 12.8 Å². The molecule has 92 valence electrons. The summed E-state index contributed by atoms with van der Waals surface area (Å²) in [5.41, 5.74) is 7.03. The minimum absolute atomic E-state index is 0.703. The van der Waals surface area contributed by atoms with E-state index in [0.29, 0.717) is 5.82 Å². The number of hydrogen-bond donors (Lipinski definition) is 2. The summed E-state index contributed by atoms with van der Waals surface area (Å²) in [6.07, 6.45) is 6.69. The van der Waals surface area contributed by atoms with Crippen LogP contribution in [0.2, 0.25) is 0 Å². The van der Waals surface area contributed by atoms with Gasteiger partial charge in [0.1, 0.15) is 5.82 Å². The SMILES string of the molecule is Cc1ccncc1-c1nc2c(c(NN)n1)CCC2. The van der Waals surface area contributed by atoms with E-state index < -0.39 is 0 Å². The fourth-order valence-electron chi connectivity index (χ4n) is 2.37. The first-order valence-electron chi connectivity index (χ1n) is 6.07. The van der Waals surface area contributed by atoms with Crippen molar-refractivity contribution in [2.45, 2.75) is 26.2 Å². The molecular weight excluding hydrogens is 226 g/mol. The Morgan fingerprint density at radius 2 is 2.17 bits per heavy atom. The second-order valence-corrected chi connectivity index (χ2v) is 4.51. The van der Waals surface area contributed by atoms with Crippen LogP contribution in [0.3, 0.4) is 0 Å². The van der Waals surface area contributed by atoms with Crippen LogP contribution in [-0.4, -0.2) is 15.0 Å². The maximum atomic E-state index is 5.55.